The highest BCUT2D eigenvalue weighted by atomic mass is 16.4. The maximum atomic E-state index is 12.7. The van der Waals surface area contributed by atoms with Crippen LogP contribution >= 0.6 is 0 Å². The fraction of sp³-hybridized carbons (Fsp3) is 0.375. The molecule has 1 aromatic carbocycles. The van der Waals surface area contributed by atoms with Crippen molar-refractivity contribution in [2.45, 2.75) is 26.3 Å². The van der Waals surface area contributed by atoms with Crippen LogP contribution < -0.4 is 0 Å². The van der Waals surface area contributed by atoms with E-state index in [1.54, 1.807) is 23.4 Å². The number of carboxylic acids is 1. The second kappa shape index (κ2) is 5.83. The van der Waals surface area contributed by atoms with Gasteiger partial charge in [0.2, 0.25) is 0 Å². The lowest BCUT2D eigenvalue weighted by Gasteiger charge is -2.22. The molecule has 120 valence electrons. The Balaban J connectivity index is 1.87. The molecular weight excluding hydrogens is 296 g/mol. The van der Waals surface area contributed by atoms with Gasteiger partial charge >= 0.3 is 5.97 Å². The highest BCUT2D eigenvalue weighted by molar-refractivity contribution is 5.94. The van der Waals surface area contributed by atoms with Crippen LogP contribution in [0.15, 0.2) is 30.3 Å². The van der Waals surface area contributed by atoms with Gasteiger partial charge in [-0.3, -0.25) is 9.59 Å². The first kappa shape index (κ1) is 15.2. The molecular formula is C16H18N4O3. The molecule has 3 rings (SSSR count). The number of likely N-dealkylation sites (tertiary alicyclic amines) is 1. The Labute approximate surface area is 133 Å². The maximum Gasteiger partial charge on any atom is 0.308 e. The van der Waals surface area contributed by atoms with Crippen LogP contribution in [0, 0.1) is 12.8 Å². The molecule has 1 aromatic heterocycles. The quantitative estimate of drug-likeness (QED) is 0.927. The van der Waals surface area contributed by atoms with Gasteiger partial charge in [-0.2, -0.15) is 0 Å². The summed E-state index contributed by atoms with van der Waals surface area (Å²) in [6, 6.07) is 9.10. The van der Waals surface area contributed by atoms with Crippen LogP contribution in [0.1, 0.15) is 29.5 Å². The Morgan fingerprint density at radius 1 is 1.26 bits per heavy atom. The summed E-state index contributed by atoms with van der Waals surface area (Å²) in [5, 5.41) is 17.3. The third-order valence-electron chi connectivity index (χ3n) is 4.43. The maximum absolute atomic E-state index is 12.7. The summed E-state index contributed by atoms with van der Waals surface area (Å²) in [5.41, 5.74) is 1.74. The second-order valence-corrected chi connectivity index (χ2v) is 5.74. The van der Waals surface area contributed by atoms with Gasteiger partial charge in [-0.1, -0.05) is 23.4 Å². The lowest BCUT2D eigenvalue weighted by molar-refractivity contribution is -0.142. The number of rotatable bonds is 3. The van der Waals surface area contributed by atoms with Gasteiger partial charge in [-0.05, 0) is 32.4 Å². The van der Waals surface area contributed by atoms with Crippen LogP contribution in [0.3, 0.4) is 0 Å². The van der Waals surface area contributed by atoms with Crippen molar-refractivity contribution in [1.82, 2.24) is 19.9 Å². The lowest BCUT2D eigenvalue weighted by Crippen LogP contribution is -2.38. The summed E-state index contributed by atoms with van der Waals surface area (Å²) in [4.78, 5) is 25.5. The van der Waals surface area contributed by atoms with E-state index < -0.39 is 11.9 Å². The van der Waals surface area contributed by atoms with Crippen molar-refractivity contribution in [2.24, 2.45) is 5.92 Å². The number of benzene rings is 1. The molecule has 1 saturated heterocycles. The first-order chi connectivity index (χ1) is 11.0. The minimum absolute atomic E-state index is 0.263. The first-order valence-corrected chi connectivity index (χ1v) is 7.52. The Morgan fingerprint density at radius 2 is 1.96 bits per heavy atom. The number of carboxylic acid groups (broad SMARTS) is 1. The first-order valence-electron chi connectivity index (χ1n) is 7.52. The van der Waals surface area contributed by atoms with Crippen LogP contribution in [0.5, 0.6) is 0 Å². The van der Waals surface area contributed by atoms with Crippen LogP contribution in [0.25, 0.3) is 5.69 Å². The van der Waals surface area contributed by atoms with Crippen molar-refractivity contribution < 1.29 is 14.7 Å². The fourth-order valence-corrected chi connectivity index (χ4v) is 3.03. The van der Waals surface area contributed by atoms with Gasteiger partial charge in [0.25, 0.3) is 5.91 Å². The van der Waals surface area contributed by atoms with Crippen molar-refractivity contribution in [3.63, 3.8) is 0 Å². The number of aliphatic carboxylic acids is 1. The van der Waals surface area contributed by atoms with Crippen LogP contribution in [0.2, 0.25) is 0 Å². The summed E-state index contributed by atoms with van der Waals surface area (Å²) in [5.74, 6) is -1.65. The summed E-state index contributed by atoms with van der Waals surface area (Å²) in [6.07, 6.45) is 0.466. The van der Waals surface area contributed by atoms with Crippen molar-refractivity contribution in [3.05, 3.63) is 41.7 Å². The van der Waals surface area contributed by atoms with E-state index in [9.17, 15) is 14.7 Å². The smallest absolute Gasteiger partial charge is 0.308 e. The zero-order valence-corrected chi connectivity index (χ0v) is 13.0. The minimum Gasteiger partial charge on any atom is -0.481 e. The molecule has 23 heavy (non-hydrogen) atoms. The van der Waals surface area contributed by atoms with Gasteiger partial charge < -0.3 is 10.0 Å². The number of hydrogen-bond donors (Lipinski definition) is 1. The fourth-order valence-electron chi connectivity index (χ4n) is 3.03. The molecule has 1 amide bonds. The molecule has 7 heteroatoms. The largest absolute Gasteiger partial charge is 0.481 e. The van der Waals surface area contributed by atoms with Crippen molar-refractivity contribution in [3.8, 4) is 5.69 Å². The SMILES string of the molecule is Cc1c(C(=O)N2CCC(C(=O)O)C2C)nnn1-c1ccccc1. The second-order valence-electron chi connectivity index (χ2n) is 5.74. The van der Waals surface area contributed by atoms with Crippen LogP contribution in [-0.4, -0.2) is 49.5 Å². The normalized spacial score (nSPS) is 20.7. The minimum atomic E-state index is -0.863. The molecule has 0 saturated carbocycles. The monoisotopic (exact) mass is 314 g/mol. The summed E-state index contributed by atoms with van der Waals surface area (Å²) < 4.78 is 1.61. The van der Waals surface area contributed by atoms with E-state index in [2.05, 4.69) is 10.3 Å². The number of carbonyl (C=O) groups is 2. The number of para-hydroxylation sites is 1. The third-order valence-corrected chi connectivity index (χ3v) is 4.43. The Kier molecular flexibility index (Phi) is 3.85. The lowest BCUT2D eigenvalue weighted by atomic mass is 10.0. The average Bonchev–Trinajstić information content (AvgIpc) is 3.11. The number of hydrogen-bond acceptors (Lipinski definition) is 4. The van der Waals surface area contributed by atoms with E-state index in [1.807, 2.05) is 30.3 Å². The van der Waals surface area contributed by atoms with E-state index in [1.165, 1.54) is 0 Å². The molecule has 2 heterocycles. The summed E-state index contributed by atoms with van der Waals surface area (Å²) in [7, 11) is 0. The van der Waals surface area contributed by atoms with E-state index in [4.69, 9.17) is 0 Å². The van der Waals surface area contributed by atoms with Gasteiger partial charge in [0.05, 0.1) is 17.3 Å². The van der Waals surface area contributed by atoms with Gasteiger partial charge in [0, 0.05) is 12.6 Å². The zero-order valence-electron chi connectivity index (χ0n) is 13.0. The van der Waals surface area contributed by atoms with Gasteiger partial charge in [0.15, 0.2) is 5.69 Å². The van der Waals surface area contributed by atoms with Gasteiger partial charge in [-0.15, -0.1) is 5.10 Å². The highest BCUT2D eigenvalue weighted by Crippen LogP contribution is 2.26. The molecule has 1 N–H and O–H groups in total. The molecule has 0 spiro atoms. The van der Waals surface area contributed by atoms with Crippen molar-refractivity contribution in [1.29, 1.82) is 0 Å². The van der Waals surface area contributed by atoms with Crippen molar-refractivity contribution in [2.75, 3.05) is 6.54 Å². The van der Waals surface area contributed by atoms with Gasteiger partial charge in [-0.25, -0.2) is 4.68 Å². The number of amides is 1. The molecule has 1 aliphatic rings. The number of nitrogens with zero attached hydrogens (tertiary/aromatic N) is 4. The highest BCUT2D eigenvalue weighted by Gasteiger charge is 2.39. The topological polar surface area (TPSA) is 88.3 Å². The van der Waals surface area contributed by atoms with Crippen molar-refractivity contribution >= 4 is 11.9 Å². The molecule has 0 radical (unpaired) electrons. The van der Waals surface area contributed by atoms with Gasteiger partial charge in [0.1, 0.15) is 0 Å². The molecule has 7 nitrogen and oxygen atoms in total. The van der Waals surface area contributed by atoms with E-state index >= 15 is 0 Å². The average molecular weight is 314 g/mol. The van der Waals surface area contributed by atoms with E-state index in [0.29, 0.717) is 18.7 Å². The zero-order chi connectivity index (χ0) is 16.6. The molecule has 0 aliphatic carbocycles. The third kappa shape index (κ3) is 2.58. The Morgan fingerprint density at radius 3 is 2.57 bits per heavy atom. The molecule has 1 fully saturated rings. The molecule has 2 aromatic rings. The van der Waals surface area contributed by atoms with Crippen LogP contribution in [-0.2, 0) is 4.79 Å². The predicted molar refractivity (Wildman–Crippen MR) is 82.3 cm³/mol. The number of carbonyl (C=O) groups excluding carboxylic acids is 1. The molecule has 2 atom stereocenters. The molecule has 0 bridgehead atoms. The predicted octanol–water partition coefficient (Wildman–Crippen LogP) is 1.51. The Hall–Kier alpha value is -2.70. The number of aromatic nitrogens is 3. The van der Waals surface area contributed by atoms with Crippen LogP contribution in [0.4, 0.5) is 0 Å². The van der Waals surface area contributed by atoms with E-state index in [0.717, 1.165) is 5.69 Å². The molecule has 1 aliphatic heterocycles. The summed E-state index contributed by atoms with van der Waals surface area (Å²) >= 11 is 0. The Bertz CT molecular complexity index is 741. The summed E-state index contributed by atoms with van der Waals surface area (Å²) in [6.45, 7) is 3.98. The standard InChI is InChI=1S/C16H18N4O3/c1-10-13(16(22)23)8-9-19(10)15(21)14-11(2)20(18-17-14)12-6-4-3-5-7-12/h3-7,10,13H,8-9H2,1-2H3,(H,22,23). The molecule has 2 unspecified atom stereocenters. The van der Waals surface area contributed by atoms with E-state index in [-0.39, 0.29) is 17.6 Å².